The van der Waals surface area contributed by atoms with Gasteiger partial charge in [0.15, 0.2) is 0 Å². The van der Waals surface area contributed by atoms with Gasteiger partial charge in [-0.25, -0.2) is 0 Å². The van der Waals surface area contributed by atoms with E-state index in [-0.39, 0.29) is 6.04 Å². The Morgan fingerprint density at radius 2 is 0.897 bits per heavy atom. The normalized spacial score (nSPS) is 11.7. The number of nitrogens with zero attached hydrogens (tertiary/aromatic N) is 2. The molecule has 0 heterocycles. The third-order valence-electron chi connectivity index (χ3n) is 7.42. The lowest BCUT2D eigenvalue weighted by Gasteiger charge is -2.12. The molecule has 7 aromatic carbocycles. The summed E-state index contributed by atoms with van der Waals surface area (Å²) in [7, 11) is 0. The minimum Gasteiger partial charge on any atom is -0.176 e. The second-order valence-electron chi connectivity index (χ2n) is 9.91. The molecule has 0 aliphatic heterocycles. The highest BCUT2D eigenvalue weighted by Crippen LogP contribution is 2.34. The number of fused-ring (bicyclic) bond motifs is 4. The molecule has 0 aromatic heterocycles. The predicted octanol–water partition coefficient (Wildman–Crippen LogP) is 10.7. The second kappa shape index (κ2) is 10.00. The van der Waals surface area contributed by atoms with E-state index in [1.54, 1.807) is 0 Å². The Kier molecular flexibility index (Phi) is 5.91. The monoisotopic (exact) mass is 498 g/mol. The van der Waals surface area contributed by atoms with Gasteiger partial charge < -0.3 is 0 Å². The number of hydrogen-bond donors (Lipinski definition) is 0. The minimum atomic E-state index is -0.145. The zero-order chi connectivity index (χ0) is 26.0. The van der Waals surface area contributed by atoms with Gasteiger partial charge in [0.25, 0.3) is 0 Å². The third kappa shape index (κ3) is 4.58. The van der Waals surface area contributed by atoms with Gasteiger partial charge in [0, 0.05) is 0 Å². The fourth-order valence-electron chi connectivity index (χ4n) is 5.39. The molecule has 0 atom stereocenters. The molecule has 0 radical (unpaired) electrons. The highest BCUT2D eigenvalue weighted by atomic mass is 15.1. The zero-order valence-corrected chi connectivity index (χ0v) is 21.4. The van der Waals surface area contributed by atoms with Crippen molar-refractivity contribution >= 4 is 38.0 Å². The maximum absolute atomic E-state index is 4.80. The molecule has 0 bridgehead atoms. The predicted molar refractivity (Wildman–Crippen MR) is 164 cm³/mol. The van der Waals surface area contributed by atoms with Gasteiger partial charge >= 0.3 is 0 Å². The van der Waals surface area contributed by atoms with Gasteiger partial charge in [0.1, 0.15) is 6.04 Å². The molecule has 0 saturated carbocycles. The molecule has 39 heavy (non-hydrogen) atoms. The molecular weight excluding hydrogens is 472 g/mol. The van der Waals surface area contributed by atoms with Gasteiger partial charge in [0.2, 0.25) is 0 Å². The molecule has 0 saturated heterocycles. The average molecular weight is 499 g/mol. The van der Waals surface area contributed by atoms with Crippen molar-refractivity contribution in [2.24, 2.45) is 10.2 Å². The highest BCUT2D eigenvalue weighted by molar-refractivity contribution is 6.09. The molecule has 184 valence electrons. The van der Waals surface area contributed by atoms with Crippen molar-refractivity contribution in [3.05, 3.63) is 163 Å². The first-order valence-corrected chi connectivity index (χ1v) is 13.3. The van der Waals surface area contributed by atoms with Crippen LogP contribution in [-0.2, 0) is 0 Å². The summed E-state index contributed by atoms with van der Waals surface area (Å²) in [6.45, 7) is 0. The average Bonchev–Trinajstić information content (AvgIpc) is 3.01. The number of benzene rings is 7. The lowest BCUT2D eigenvalue weighted by Crippen LogP contribution is -1.96. The summed E-state index contributed by atoms with van der Waals surface area (Å²) in [6, 6.07) is 53.2. The van der Waals surface area contributed by atoms with Gasteiger partial charge in [0.05, 0.1) is 5.69 Å². The topological polar surface area (TPSA) is 24.7 Å². The molecular formula is C37H26N2. The maximum atomic E-state index is 4.80. The standard InChI is InChI=1S/C37H26N2/c1-3-10-27(11-4-1)37(28-12-5-2-6-13-28)39-38-34-20-22-36-33(25-34)18-17-32-24-31(19-21-35(32)36)30-16-15-26-9-7-8-14-29(26)23-30/h1-25,37H. The summed E-state index contributed by atoms with van der Waals surface area (Å²) in [5.74, 6) is 0. The summed E-state index contributed by atoms with van der Waals surface area (Å²) in [5, 5.41) is 16.9. The fraction of sp³-hybridized carbons (Fsp3) is 0.0270. The van der Waals surface area contributed by atoms with Crippen LogP contribution in [0.25, 0.3) is 43.4 Å². The van der Waals surface area contributed by atoms with Crippen LogP contribution in [0.3, 0.4) is 0 Å². The zero-order valence-electron chi connectivity index (χ0n) is 21.4. The Balaban J connectivity index is 1.23. The van der Waals surface area contributed by atoms with Gasteiger partial charge in [-0.05, 0) is 78.8 Å². The van der Waals surface area contributed by atoms with Crippen LogP contribution in [0.15, 0.2) is 162 Å². The quantitative estimate of drug-likeness (QED) is 0.167. The molecule has 7 rings (SSSR count). The molecule has 0 fully saturated rings. The van der Waals surface area contributed by atoms with Crippen molar-refractivity contribution in [2.75, 3.05) is 0 Å². The molecule has 0 aliphatic rings. The Morgan fingerprint density at radius 1 is 0.385 bits per heavy atom. The minimum absolute atomic E-state index is 0.145. The van der Waals surface area contributed by atoms with E-state index in [1.807, 2.05) is 36.4 Å². The van der Waals surface area contributed by atoms with Gasteiger partial charge in [-0.15, -0.1) is 0 Å². The summed E-state index contributed by atoms with van der Waals surface area (Å²) in [5.41, 5.74) is 5.57. The van der Waals surface area contributed by atoms with Crippen molar-refractivity contribution in [1.29, 1.82) is 0 Å². The number of rotatable bonds is 5. The first-order chi connectivity index (χ1) is 19.3. The Hall–Kier alpha value is -5.08. The second-order valence-corrected chi connectivity index (χ2v) is 9.91. The molecule has 7 aromatic rings. The Bertz CT molecular complexity index is 1920. The van der Waals surface area contributed by atoms with Gasteiger partial charge in [-0.3, -0.25) is 0 Å². The van der Waals surface area contributed by atoms with Crippen molar-refractivity contribution in [3.63, 3.8) is 0 Å². The van der Waals surface area contributed by atoms with Crippen LogP contribution in [0, 0.1) is 0 Å². The van der Waals surface area contributed by atoms with E-state index in [0.717, 1.165) is 22.2 Å². The van der Waals surface area contributed by atoms with Gasteiger partial charge in [-0.2, -0.15) is 10.2 Å². The summed E-state index contributed by atoms with van der Waals surface area (Å²) >= 11 is 0. The maximum Gasteiger partial charge on any atom is 0.121 e. The van der Waals surface area contributed by atoms with Gasteiger partial charge in [-0.1, -0.05) is 127 Å². The van der Waals surface area contributed by atoms with Crippen LogP contribution in [0.1, 0.15) is 17.2 Å². The van der Waals surface area contributed by atoms with Crippen molar-refractivity contribution in [2.45, 2.75) is 6.04 Å². The van der Waals surface area contributed by atoms with E-state index in [4.69, 9.17) is 10.2 Å². The lowest BCUT2D eigenvalue weighted by molar-refractivity contribution is 0.809. The van der Waals surface area contributed by atoms with Crippen LogP contribution in [0.2, 0.25) is 0 Å². The first-order valence-electron chi connectivity index (χ1n) is 13.3. The van der Waals surface area contributed by atoms with E-state index in [1.165, 1.54) is 38.1 Å². The Morgan fingerprint density at radius 3 is 1.59 bits per heavy atom. The van der Waals surface area contributed by atoms with Crippen molar-refractivity contribution < 1.29 is 0 Å². The molecule has 0 spiro atoms. The van der Waals surface area contributed by atoms with E-state index in [9.17, 15) is 0 Å². The van der Waals surface area contributed by atoms with Crippen LogP contribution in [0.4, 0.5) is 5.69 Å². The van der Waals surface area contributed by atoms with Crippen molar-refractivity contribution in [1.82, 2.24) is 0 Å². The third-order valence-corrected chi connectivity index (χ3v) is 7.42. The molecule has 2 nitrogen and oxygen atoms in total. The van der Waals surface area contributed by atoms with Crippen LogP contribution >= 0.6 is 0 Å². The van der Waals surface area contributed by atoms with E-state index in [2.05, 4.69) is 115 Å². The van der Waals surface area contributed by atoms with Crippen LogP contribution in [-0.4, -0.2) is 0 Å². The highest BCUT2D eigenvalue weighted by Gasteiger charge is 2.13. The lowest BCUT2D eigenvalue weighted by atomic mass is 9.96. The molecule has 0 aliphatic carbocycles. The van der Waals surface area contributed by atoms with E-state index < -0.39 is 0 Å². The first kappa shape index (κ1) is 23.1. The molecule has 0 N–H and O–H groups in total. The van der Waals surface area contributed by atoms with Crippen molar-refractivity contribution in [3.8, 4) is 11.1 Å². The molecule has 2 heteroatoms. The summed E-state index contributed by atoms with van der Waals surface area (Å²) in [6.07, 6.45) is 0. The van der Waals surface area contributed by atoms with E-state index >= 15 is 0 Å². The van der Waals surface area contributed by atoms with E-state index in [0.29, 0.717) is 0 Å². The van der Waals surface area contributed by atoms with Crippen LogP contribution in [0.5, 0.6) is 0 Å². The molecule has 0 amide bonds. The number of hydrogen-bond acceptors (Lipinski definition) is 2. The summed E-state index contributed by atoms with van der Waals surface area (Å²) in [4.78, 5) is 0. The fourth-order valence-corrected chi connectivity index (χ4v) is 5.39. The van der Waals surface area contributed by atoms with Crippen LogP contribution < -0.4 is 0 Å². The molecule has 0 unspecified atom stereocenters. The summed E-state index contributed by atoms with van der Waals surface area (Å²) < 4.78 is 0. The SMILES string of the molecule is c1ccc(C(N=Nc2ccc3c(ccc4cc(-c5ccc6ccccc6c5)ccc43)c2)c2ccccc2)cc1. The smallest absolute Gasteiger partial charge is 0.121 e. The largest absolute Gasteiger partial charge is 0.176 e. The Labute approximate surface area is 227 Å². The number of azo groups is 1.